The van der Waals surface area contributed by atoms with Gasteiger partial charge >= 0.3 is 0 Å². The quantitative estimate of drug-likeness (QED) is 0.814. The van der Waals surface area contributed by atoms with E-state index in [0.29, 0.717) is 11.3 Å². The number of likely N-dealkylation sites (tertiary alicyclic amines) is 1. The van der Waals surface area contributed by atoms with Crippen LogP contribution in [0.3, 0.4) is 0 Å². The van der Waals surface area contributed by atoms with E-state index in [1.165, 1.54) is 25.7 Å². The highest BCUT2D eigenvalue weighted by Gasteiger charge is 2.44. The summed E-state index contributed by atoms with van der Waals surface area (Å²) in [6, 6.07) is 2.37. The molecule has 1 aliphatic heterocycles. The summed E-state index contributed by atoms with van der Waals surface area (Å²) in [5.74, 6) is 0.450. The number of hydrogen-bond donors (Lipinski definition) is 1. The van der Waals surface area contributed by atoms with E-state index in [0.717, 1.165) is 32.5 Å². The van der Waals surface area contributed by atoms with E-state index in [-0.39, 0.29) is 0 Å². The zero-order chi connectivity index (χ0) is 13.2. The van der Waals surface area contributed by atoms with Crippen molar-refractivity contribution < 1.29 is 0 Å². The minimum absolute atomic E-state index is 0.450. The molecule has 0 aromatic rings. The summed E-state index contributed by atoms with van der Waals surface area (Å²) in [7, 11) is 0. The van der Waals surface area contributed by atoms with Crippen LogP contribution in [0.15, 0.2) is 0 Å². The van der Waals surface area contributed by atoms with Gasteiger partial charge in [-0.3, -0.25) is 0 Å². The van der Waals surface area contributed by atoms with Crippen molar-refractivity contribution in [3.63, 3.8) is 0 Å². The molecule has 2 aliphatic rings. The zero-order valence-electron chi connectivity index (χ0n) is 11.9. The number of rotatable bonds is 5. The second-order valence-corrected chi connectivity index (χ2v) is 6.41. The van der Waals surface area contributed by atoms with Gasteiger partial charge in [0.05, 0.1) is 6.07 Å². The molecule has 102 valence electrons. The standard InChI is InChI=1S/C15H27N3/c1-3-14(4-2)7-9-18(10-8-14)12-15(17,11-16)13-5-6-13/h13H,3-10,12,17H2,1-2H3. The van der Waals surface area contributed by atoms with Crippen LogP contribution in [0.1, 0.15) is 52.4 Å². The Balaban J connectivity index is 1.88. The van der Waals surface area contributed by atoms with E-state index >= 15 is 0 Å². The first-order chi connectivity index (χ1) is 8.57. The molecule has 2 rings (SSSR count). The first-order valence-electron chi connectivity index (χ1n) is 7.50. The molecule has 2 fully saturated rings. The molecule has 0 aromatic carbocycles. The van der Waals surface area contributed by atoms with Crippen LogP contribution < -0.4 is 5.73 Å². The van der Waals surface area contributed by atoms with Crippen LogP contribution in [0.5, 0.6) is 0 Å². The topological polar surface area (TPSA) is 53.0 Å². The first-order valence-corrected chi connectivity index (χ1v) is 7.50. The van der Waals surface area contributed by atoms with E-state index in [9.17, 15) is 5.26 Å². The zero-order valence-corrected chi connectivity index (χ0v) is 11.9. The van der Waals surface area contributed by atoms with Gasteiger partial charge in [0.15, 0.2) is 0 Å². The van der Waals surface area contributed by atoms with Crippen molar-refractivity contribution in [1.82, 2.24) is 4.90 Å². The Morgan fingerprint density at radius 1 is 1.28 bits per heavy atom. The Morgan fingerprint density at radius 3 is 2.22 bits per heavy atom. The molecule has 1 atom stereocenters. The van der Waals surface area contributed by atoms with Gasteiger partial charge in [0.1, 0.15) is 5.54 Å². The van der Waals surface area contributed by atoms with Gasteiger partial charge in [0.25, 0.3) is 0 Å². The second-order valence-electron chi connectivity index (χ2n) is 6.41. The molecule has 1 saturated carbocycles. The molecule has 1 heterocycles. The molecule has 0 spiro atoms. The van der Waals surface area contributed by atoms with E-state index in [2.05, 4.69) is 24.8 Å². The molecule has 1 aliphatic carbocycles. The average molecular weight is 249 g/mol. The molecule has 18 heavy (non-hydrogen) atoms. The molecule has 0 amide bonds. The van der Waals surface area contributed by atoms with Crippen molar-refractivity contribution in [2.45, 2.75) is 57.9 Å². The third-order valence-electron chi connectivity index (χ3n) is 5.42. The van der Waals surface area contributed by atoms with Crippen LogP contribution in [0.4, 0.5) is 0 Å². The van der Waals surface area contributed by atoms with Crippen molar-refractivity contribution in [3.05, 3.63) is 0 Å². The average Bonchev–Trinajstić information content (AvgIpc) is 3.25. The summed E-state index contributed by atoms with van der Waals surface area (Å²) in [6.07, 6.45) is 7.40. The monoisotopic (exact) mass is 249 g/mol. The van der Waals surface area contributed by atoms with Gasteiger partial charge in [-0.25, -0.2) is 0 Å². The van der Waals surface area contributed by atoms with Gasteiger partial charge in [0, 0.05) is 6.54 Å². The maximum Gasteiger partial charge on any atom is 0.119 e. The van der Waals surface area contributed by atoms with Gasteiger partial charge in [-0.2, -0.15) is 5.26 Å². The van der Waals surface area contributed by atoms with E-state index in [1.807, 2.05) is 0 Å². The maximum absolute atomic E-state index is 9.32. The van der Waals surface area contributed by atoms with Crippen LogP contribution in [0, 0.1) is 22.7 Å². The second kappa shape index (κ2) is 5.19. The predicted molar refractivity (Wildman–Crippen MR) is 73.9 cm³/mol. The summed E-state index contributed by atoms with van der Waals surface area (Å²) in [4.78, 5) is 2.42. The van der Waals surface area contributed by atoms with Crippen molar-refractivity contribution in [2.75, 3.05) is 19.6 Å². The van der Waals surface area contributed by atoms with E-state index in [1.54, 1.807) is 0 Å². The molecule has 0 radical (unpaired) electrons. The van der Waals surface area contributed by atoms with Crippen molar-refractivity contribution >= 4 is 0 Å². The van der Waals surface area contributed by atoms with Crippen LogP contribution in [0.25, 0.3) is 0 Å². The molecule has 2 N–H and O–H groups in total. The molecule has 0 aromatic heterocycles. The Labute approximate surface area is 111 Å². The Kier molecular flexibility index (Phi) is 3.99. The molecule has 0 bridgehead atoms. The predicted octanol–water partition coefficient (Wildman–Crippen LogP) is 2.52. The highest BCUT2D eigenvalue weighted by molar-refractivity contribution is 5.15. The fraction of sp³-hybridized carbons (Fsp3) is 0.933. The first kappa shape index (κ1) is 13.8. The summed E-state index contributed by atoms with van der Waals surface area (Å²) in [5.41, 5.74) is 6.23. The van der Waals surface area contributed by atoms with Gasteiger partial charge in [0.2, 0.25) is 0 Å². The van der Waals surface area contributed by atoms with E-state index in [4.69, 9.17) is 5.73 Å². The Morgan fingerprint density at radius 2 is 1.83 bits per heavy atom. The molecular formula is C15H27N3. The van der Waals surface area contributed by atoms with Crippen molar-refractivity contribution in [3.8, 4) is 6.07 Å². The largest absolute Gasteiger partial charge is 0.312 e. The number of nitriles is 1. The van der Waals surface area contributed by atoms with E-state index < -0.39 is 5.54 Å². The van der Waals surface area contributed by atoms with Crippen molar-refractivity contribution in [2.24, 2.45) is 17.1 Å². The van der Waals surface area contributed by atoms with Gasteiger partial charge in [-0.1, -0.05) is 26.7 Å². The summed E-state index contributed by atoms with van der Waals surface area (Å²) in [6.45, 7) is 7.64. The molecule has 3 heteroatoms. The molecule has 3 nitrogen and oxygen atoms in total. The fourth-order valence-corrected chi connectivity index (χ4v) is 3.37. The van der Waals surface area contributed by atoms with Gasteiger partial charge < -0.3 is 10.6 Å². The SMILES string of the molecule is CCC1(CC)CCN(CC(N)(C#N)C2CC2)CC1. The van der Waals surface area contributed by atoms with Crippen LogP contribution in [-0.4, -0.2) is 30.1 Å². The van der Waals surface area contributed by atoms with Crippen molar-refractivity contribution in [1.29, 1.82) is 5.26 Å². The fourth-order valence-electron chi connectivity index (χ4n) is 3.37. The molecule has 1 unspecified atom stereocenters. The lowest BCUT2D eigenvalue weighted by atomic mass is 9.74. The number of nitrogens with two attached hydrogens (primary N) is 1. The number of piperidine rings is 1. The number of nitrogens with zero attached hydrogens (tertiary/aromatic N) is 2. The Bertz CT molecular complexity index is 315. The lowest BCUT2D eigenvalue weighted by molar-refractivity contribution is 0.0830. The number of hydrogen-bond acceptors (Lipinski definition) is 3. The molecule has 1 saturated heterocycles. The van der Waals surface area contributed by atoms with Gasteiger partial charge in [-0.15, -0.1) is 0 Å². The Hall–Kier alpha value is -0.590. The van der Waals surface area contributed by atoms with Crippen LogP contribution >= 0.6 is 0 Å². The maximum atomic E-state index is 9.32. The smallest absolute Gasteiger partial charge is 0.119 e. The minimum atomic E-state index is -0.585. The highest BCUT2D eigenvalue weighted by atomic mass is 15.2. The molecular weight excluding hydrogens is 222 g/mol. The summed E-state index contributed by atoms with van der Waals surface area (Å²) >= 11 is 0. The van der Waals surface area contributed by atoms with Gasteiger partial charge in [-0.05, 0) is 50.1 Å². The minimum Gasteiger partial charge on any atom is -0.312 e. The van der Waals surface area contributed by atoms with Crippen LogP contribution in [0.2, 0.25) is 0 Å². The normalized spacial score (nSPS) is 27.4. The van der Waals surface area contributed by atoms with Crippen LogP contribution in [-0.2, 0) is 0 Å². The third-order valence-corrected chi connectivity index (χ3v) is 5.42. The lowest BCUT2D eigenvalue weighted by Crippen LogP contribution is -2.53. The highest BCUT2D eigenvalue weighted by Crippen LogP contribution is 2.41. The third kappa shape index (κ3) is 2.70. The lowest BCUT2D eigenvalue weighted by Gasteiger charge is -2.42. The summed E-state index contributed by atoms with van der Waals surface area (Å²) < 4.78 is 0. The summed E-state index contributed by atoms with van der Waals surface area (Å²) in [5, 5.41) is 9.32.